The largest absolute Gasteiger partial charge is 0.323 e. The van der Waals surface area contributed by atoms with E-state index in [0.717, 1.165) is 11.1 Å². The second-order valence-corrected chi connectivity index (χ2v) is 5.74. The van der Waals surface area contributed by atoms with Gasteiger partial charge in [0.2, 0.25) is 5.78 Å². The Balaban J connectivity index is 1.66. The van der Waals surface area contributed by atoms with Crippen LogP contribution in [0, 0.1) is 5.82 Å². The number of aromatic nitrogens is 7. The number of halogens is 1. The molecule has 126 valence electrons. The topological polar surface area (TPSA) is 105 Å². The number of H-pyrrole nitrogens is 2. The van der Waals surface area contributed by atoms with E-state index in [9.17, 15) is 9.18 Å². The van der Waals surface area contributed by atoms with Crippen molar-refractivity contribution in [3.8, 4) is 22.6 Å². The molecule has 0 spiro atoms. The van der Waals surface area contributed by atoms with Gasteiger partial charge in [0.15, 0.2) is 5.82 Å². The van der Waals surface area contributed by atoms with E-state index in [1.807, 2.05) is 18.2 Å². The zero-order valence-electron chi connectivity index (χ0n) is 13.1. The fraction of sp³-hybridized carbons (Fsp3) is 0. The standard InChI is InChI=1S/C17H10FN7O/c18-11-4-1-9(2-5-11)16-20-17-19-13(8-15(26)25(17)23-16)10-3-6-12-14(7-10)22-24-21-12/h1-8H,(H,19,20,23)(H,21,22,24). The minimum absolute atomic E-state index is 0.298. The van der Waals surface area contributed by atoms with Crippen LogP contribution in [0.25, 0.3) is 39.5 Å². The third-order valence-electron chi connectivity index (χ3n) is 4.07. The molecule has 0 saturated carbocycles. The first-order chi connectivity index (χ1) is 12.7. The number of nitrogens with zero attached hydrogens (tertiary/aromatic N) is 5. The predicted molar refractivity (Wildman–Crippen MR) is 91.9 cm³/mol. The first-order valence-corrected chi connectivity index (χ1v) is 7.75. The Morgan fingerprint density at radius 2 is 1.81 bits per heavy atom. The Morgan fingerprint density at radius 1 is 1.00 bits per heavy atom. The summed E-state index contributed by atoms with van der Waals surface area (Å²) < 4.78 is 14.3. The maximum atomic E-state index is 13.1. The van der Waals surface area contributed by atoms with Crippen LogP contribution in [0.15, 0.2) is 53.3 Å². The number of rotatable bonds is 2. The minimum atomic E-state index is -0.348. The first-order valence-electron chi connectivity index (χ1n) is 7.75. The summed E-state index contributed by atoms with van der Waals surface area (Å²) in [5, 5.41) is 14.7. The lowest BCUT2D eigenvalue weighted by Crippen LogP contribution is -2.14. The number of aromatic amines is 2. The Bertz CT molecular complexity index is 1320. The summed E-state index contributed by atoms with van der Waals surface area (Å²) in [7, 11) is 0. The highest BCUT2D eigenvalue weighted by molar-refractivity contribution is 5.80. The lowest BCUT2D eigenvalue weighted by Gasteiger charge is -2.01. The van der Waals surface area contributed by atoms with Crippen LogP contribution in [0.2, 0.25) is 0 Å². The van der Waals surface area contributed by atoms with Crippen LogP contribution in [0.5, 0.6) is 0 Å². The highest BCUT2D eigenvalue weighted by Crippen LogP contribution is 2.21. The van der Waals surface area contributed by atoms with Crippen LogP contribution in [0.1, 0.15) is 0 Å². The van der Waals surface area contributed by atoms with E-state index in [1.165, 1.54) is 22.7 Å². The average molecular weight is 347 g/mol. The van der Waals surface area contributed by atoms with Gasteiger partial charge in [0, 0.05) is 17.2 Å². The van der Waals surface area contributed by atoms with Crippen molar-refractivity contribution in [1.29, 1.82) is 0 Å². The summed E-state index contributed by atoms with van der Waals surface area (Å²) in [6, 6.07) is 12.7. The van der Waals surface area contributed by atoms with Crippen LogP contribution in [0.3, 0.4) is 0 Å². The van der Waals surface area contributed by atoms with Gasteiger partial charge in [-0.15, -0.1) is 10.2 Å². The highest BCUT2D eigenvalue weighted by Gasteiger charge is 2.12. The molecule has 0 saturated heterocycles. The monoisotopic (exact) mass is 347 g/mol. The van der Waals surface area contributed by atoms with Gasteiger partial charge in [-0.1, -0.05) is 11.3 Å². The number of benzene rings is 2. The van der Waals surface area contributed by atoms with Gasteiger partial charge in [0.05, 0.1) is 11.2 Å². The van der Waals surface area contributed by atoms with E-state index < -0.39 is 0 Å². The third kappa shape index (κ3) is 2.25. The highest BCUT2D eigenvalue weighted by atomic mass is 19.1. The molecular weight excluding hydrogens is 337 g/mol. The van der Waals surface area contributed by atoms with Crippen LogP contribution >= 0.6 is 0 Å². The molecule has 5 rings (SSSR count). The molecule has 2 aromatic carbocycles. The fourth-order valence-corrected chi connectivity index (χ4v) is 2.77. The van der Waals surface area contributed by atoms with Gasteiger partial charge in [0.1, 0.15) is 11.3 Å². The molecule has 0 aliphatic rings. The van der Waals surface area contributed by atoms with E-state index >= 15 is 0 Å². The lowest BCUT2D eigenvalue weighted by molar-refractivity contribution is 0.628. The smallest absolute Gasteiger partial charge is 0.276 e. The fourth-order valence-electron chi connectivity index (χ4n) is 2.77. The number of hydrogen-bond acceptors (Lipinski definition) is 5. The summed E-state index contributed by atoms with van der Waals surface area (Å²) in [5.41, 5.74) is 3.15. The molecule has 3 aromatic heterocycles. The molecule has 0 amide bonds. The molecule has 0 bridgehead atoms. The Morgan fingerprint density at radius 3 is 2.65 bits per heavy atom. The minimum Gasteiger partial charge on any atom is -0.323 e. The van der Waals surface area contributed by atoms with Crippen LogP contribution in [-0.4, -0.2) is 35.0 Å². The molecule has 5 aromatic rings. The SMILES string of the molecule is O=c1cc(-c2ccc3[nH]nnc3c2)[nH]c2nc(-c3ccc(F)cc3)nn12. The van der Waals surface area contributed by atoms with Crippen molar-refractivity contribution in [1.82, 2.24) is 35.0 Å². The average Bonchev–Trinajstić information content (AvgIpc) is 3.28. The van der Waals surface area contributed by atoms with Gasteiger partial charge in [0.25, 0.3) is 5.56 Å². The van der Waals surface area contributed by atoms with Crippen LogP contribution in [-0.2, 0) is 0 Å². The molecule has 26 heavy (non-hydrogen) atoms. The summed E-state index contributed by atoms with van der Waals surface area (Å²) in [6.45, 7) is 0. The summed E-state index contributed by atoms with van der Waals surface area (Å²) in [4.78, 5) is 19.9. The van der Waals surface area contributed by atoms with E-state index in [2.05, 4.69) is 30.5 Å². The van der Waals surface area contributed by atoms with E-state index in [4.69, 9.17) is 0 Å². The van der Waals surface area contributed by atoms with Gasteiger partial charge in [-0.3, -0.25) is 9.89 Å². The van der Waals surface area contributed by atoms with Crippen molar-refractivity contribution >= 4 is 16.8 Å². The molecule has 0 atom stereocenters. The van der Waals surface area contributed by atoms with Gasteiger partial charge < -0.3 is 4.98 Å². The molecule has 0 aliphatic heterocycles. The van der Waals surface area contributed by atoms with Crippen molar-refractivity contribution in [3.05, 3.63) is 64.7 Å². The molecular formula is C17H10FN7O. The molecule has 0 unspecified atom stereocenters. The van der Waals surface area contributed by atoms with Crippen molar-refractivity contribution < 1.29 is 4.39 Å². The third-order valence-corrected chi connectivity index (χ3v) is 4.07. The molecule has 8 nitrogen and oxygen atoms in total. The second kappa shape index (κ2) is 5.31. The molecule has 0 aliphatic carbocycles. The summed E-state index contributed by atoms with van der Waals surface area (Å²) in [6.07, 6.45) is 0. The Hall–Kier alpha value is -3.88. The zero-order valence-corrected chi connectivity index (χ0v) is 13.1. The summed E-state index contributed by atoms with van der Waals surface area (Å²) >= 11 is 0. The van der Waals surface area contributed by atoms with Crippen molar-refractivity contribution in [2.75, 3.05) is 0 Å². The van der Waals surface area contributed by atoms with Crippen molar-refractivity contribution in [2.45, 2.75) is 0 Å². The predicted octanol–water partition coefficient (Wildman–Crippen LogP) is 2.16. The maximum absolute atomic E-state index is 13.1. The van der Waals surface area contributed by atoms with Gasteiger partial charge in [-0.25, -0.2) is 4.39 Å². The first kappa shape index (κ1) is 14.5. The quantitative estimate of drug-likeness (QED) is 0.509. The second-order valence-electron chi connectivity index (χ2n) is 5.74. The van der Waals surface area contributed by atoms with Crippen LogP contribution in [0.4, 0.5) is 4.39 Å². The molecule has 0 fully saturated rings. The molecule has 0 radical (unpaired) electrons. The van der Waals surface area contributed by atoms with Gasteiger partial charge in [-0.05, 0) is 36.4 Å². The molecule has 2 N–H and O–H groups in total. The van der Waals surface area contributed by atoms with Crippen molar-refractivity contribution in [3.63, 3.8) is 0 Å². The van der Waals surface area contributed by atoms with Crippen LogP contribution < -0.4 is 5.56 Å². The molecule has 9 heteroatoms. The normalized spacial score (nSPS) is 11.4. The Labute approximate surface area is 144 Å². The van der Waals surface area contributed by atoms with E-state index in [-0.39, 0.29) is 11.4 Å². The maximum Gasteiger partial charge on any atom is 0.276 e. The van der Waals surface area contributed by atoms with Gasteiger partial charge >= 0.3 is 0 Å². The number of hydrogen-bond donors (Lipinski definition) is 2. The van der Waals surface area contributed by atoms with E-state index in [0.29, 0.717) is 28.4 Å². The number of fused-ring (bicyclic) bond motifs is 2. The van der Waals surface area contributed by atoms with E-state index in [1.54, 1.807) is 12.1 Å². The van der Waals surface area contributed by atoms with Crippen molar-refractivity contribution in [2.24, 2.45) is 0 Å². The Kier molecular flexibility index (Phi) is 2.95. The van der Waals surface area contributed by atoms with Gasteiger partial charge in [-0.2, -0.15) is 9.50 Å². The number of nitrogens with one attached hydrogen (secondary N) is 2. The summed E-state index contributed by atoms with van der Waals surface area (Å²) in [5.74, 6) is 0.286. The zero-order chi connectivity index (χ0) is 17.7. The lowest BCUT2D eigenvalue weighted by atomic mass is 10.1. The molecule has 3 heterocycles.